The number of tetrazole rings is 1. The number of hydrogen-bond acceptors (Lipinski definition) is 6. The highest BCUT2D eigenvalue weighted by Crippen LogP contribution is 2.31. The minimum atomic E-state index is -0.322. The molecule has 5 rings (SSSR count). The van der Waals surface area contributed by atoms with Gasteiger partial charge in [0.05, 0.1) is 7.11 Å². The van der Waals surface area contributed by atoms with Gasteiger partial charge < -0.3 is 9.72 Å². The lowest BCUT2D eigenvalue weighted by molar-refractivity contribution is 0.149. The highest BCUT2D eigenvalue weighted by atomic mass is 16.5. The number of ether oxygens (including phenoxy) is 1. The van der Waals surface area contributed by atoms with E-state index in [-0.39, 0.29) is 11.6 Å². The van der Waals surface area contributed by atoms with Gasteiger partial charge >= 0.3 is 0 Å². The SMILES string of the molecule is COc1ccc2[nH]c(=O)c([C@@H](c3nnnn3CCc3ccccc3)N3CCC(C)CC3)cc2c1. The second-order valence-electron chi connectivity index (χ2n) is 9.12. The van der Waals surface area contributed by atoms with Crippen LogP contribution in [0.15, 0.2) is 59.4 Å². The van der Waals surface area contributed by atoms with Gasteiger partial charge in [-0.2, -0.15) is 0 Å². The van der Waals surface area contributed by atoms with Gasteiger partial charge in [0.1, 0.15) is 11.8 Å². The second-order valence-corrected chi connectivity index (χ2v) is 9.12. The molecule has 176 valence electrons. The summed E-state index contributed by atoms with van der Waals surface area (Å²) in [5.41, 5.74) is 2.55. The predicted octanol–water partition coefficient (Wildman–Crippen LogP) is 3.59. The van der Waals surface area contributed by atoms with Gasteiger partial charge in [-0.15, -0.1) is 5.10 Å². The molecule has 2 aromatic carbocycles. The average molecular weight is 459 g/mol. The molecule has 3 heterocycles. The second kappa shape index (κ2) is 9.77. The quantitative estimate of drug-likeness (QED) is 0.455. The fourth-order valence-electron chi connectivity index (χ4n) is 4.76. The fraction of sp³-hybridized carbons (Fsp3) is 0.385. The van der Waals surface area contributed by atoms with Crippen LogP contribution in [0.1, 0.15) is 42.8 Å². The van der Waals surface area contributed by atoms with Crippen molar-refractivity contribution in [1.82, 2.24) is 30.1 Å². The summed E-state index contributed by atoms with van der Waals surface area (Å²) in [5, 5.41) is 13.7. The Labute approximate surface area is 198 Å². The van der Waals surface area contributed by atoms with Crippen molar-refractivity contribution in [1.29, 1.82) is 0 Å². The van der Waals surface area contributed by atoms with Crippen molar-refractivity contribution in [3.63, 3.8) is 0 Å². The summed E-state index contributed by atoms with van der Waals surface area (Å²) < 4.78 is 7.26. The Balaban J connectivity index is 1.56. The summed E-state index contributed by atoms with van der Waals surface area (Å²) in [5.74, 6) is 2.13. The minimum Gasteiger partial charge on any atom is -0.497 e. The molecule has 1 atom stereocenters. The molecule has 1 saturated heterocycles. The summed E-state index contributed by atoms with van der Waals surface area (Å²) >= 11 is 0. The van der Waals surface area contributed by atoms with Gasteiger partial charge in [-0.05, 0) is 78.5 Å². The minimum absolute atomic E-state index is 0.112. The van der Waals surface area contributed by atoms with E-state index in [1.807, 2.05) is 47.1 Å². The van der Waals surface area contributed by atoms with Gasteiger partial charge in [0.25, 0.3) is 5.56 Å². The lowest BCUT2D eigenvalue weighted by Crippen LogP contribution is -2.40. The molecule has 1 fully saturated rings. The zero-order valence-corrected chi connectivity index (χ0v) is 19.6. The number of likely N-dealkylation sites (tertiary alicyclic amines) is 1. The molecule has 1 N–H and O–H groups in total. The van der Waals surface area contributed by atoms with E-state index in [0.717, 1.165) is 49.0 Å². The molecule has 0 radical (unpaired) electrons. The molecule has 1 aliphatic heterocycles. The van der Waals surface area contributed by atoms with E-state index >= 15 is 0 Å². The Bertz CT molecular complexity index is 1310. The zero-order chi connectivity index (χ0) is 23.5. The van der Waals surface area contributed by atoms with Crippen molar-refractivity contribution in [2.45, 2.75) is 38.8 Å². The molecule has 0 amide bonds. The first-order valence-electron chi connectivity index (χ1n) is 11.9. The molecular formula is C26H30N6O2. The van der Waals surface area contributed by atoms with Gasteiger partial charge in [-0.3, -0.25) is 9.69 Å². The van der Waals surface area contributed by atoms with Crippen molar-refractivity contribution < 1.29 is 4.74 Å². The highest BCUT2D eigenvalue weighted by Gasteiger charge is 2.32. The molecule has 4 aromatic rings. The number of nitrogens with one attached hydrogen (secondary N) is 1. The molecule has 2 aromatic heterocycles. The van der Waals surface area contributed by atoms with Gasteiger partial charge in [0, 0.05) is 23.0 Å². The van der Waals surface area contributed by atoms with E-state index in [0.29, 0.717) is 23.9 Å². The summed E-state index contributed by atoms with van der Waals surface area (Å²) in [6.45, 7) is 4.72. The largest absolute Gasteiger partial charge is 0.497 e. The predicted molar refractivity (Wildman–Crippen MR) is 131 cm³/mol. The number of benzene rings is 2. The van der Waals surface area contributed by atoms with Crippen molar-refractivity contribution in [3.05, 3.63) is 81.9 Å². The number of nitrogens with zero attached hydrogens (tertiary/aromatic N) is 5. The Morgan fingerprint density at radius 1 is 1.12 bits per heavy atom. The summed E-state index contributed by atoms with van der Waals surface area (Å²) in [4.78, 5) is 18.7. The summed E-state index contributed by atoms with van der Waals surface area (Å²) in [6, 6.07) is 17.6. The number of aryl methyl sites for hydroxylation is 2. The number of rotatable bonds is 7. The molecule has 1 aliphatic rings. The molecule has 8 heteroatoms. The van der Waals surface area contributed by atoms with Crippen LogP contribution in [-0.2, 0) is 13.0 Å². The topological polar surface area (TPSA) is 88.9 Å². The number of methoxy groups -OCH3 is 1. The molecule has 0 saturated carbocycles. The maximum Gasteiger partial charge on any atom is 0.253 e. The van der Waals surface area contributed by atoms with Crippen LogP contribution in [-0.4, -0.2) is 50.3 Å². The Morgan fingerprint density at radius 3 is 2.68 bits per heavy atom. The van der Waals surface area contributed by atoms with Crippen LogP contribution >= 0.6 is 0 Å². The number of H-pyrrole nitrogens is 1. The number of piperidine rings is 1. The van der Waals surface area contributed by atoms with Crippen LogP contribution in [0.3, 0.4) is 0 Å². The van der Waals surface area contributed by atoms with Crippen LogP contribution in [0.25, 0.3) is 10.9 Å². The lowest BCUT2D eigenvalue weighted by Gasteiger charge is -2.35. The van der Waals surface area contributed by atoms with E-state index in [2.05, 4.69) is 44.5 Å². The third kappa shape index (κ3) is 4.59. The molecule has 0 spiro atoms. The van der Waals surface area contributed by atoms with Crippen LogP contribution in [0.4, 0.5) is 0 Å². The van der Waals surface area contributed by atoms with Gasteiger partial charge in [0.15, 0.2) is 5.82 Å². The number of fused-ring (bicyclic) bond motifs is 1. The molecule has 8 nitrogen and oxygen atoms in total. The number of hydrogen-bond donors (Lipinski definition) is 1. The van der Waals surface area contributed by atoms with Crippen molar-refractivity contribution >= 4 is 10.9 Å². The first kappa shape index (κ1) is 22.3. The van der Waals surface area contributed by atoms with E-state index in [1.54, 1.807) is 7.11 Å². The molecule has 0 aliphatic carbocycles. The Hall–Kier alpha value is -3.52. The number of aromatic amines is 1. The normalized spacial score (nSPS) is 16.1. The third-order valence-electron chi connectivity index (χ3n) is 6.82. The molecule has 0 bridgehead atoms. The van der Waals surface area contributed by atoms with Gasteiger partial charge in [0.2, 0.25) is 0 Å². The monoisotopic (exact) mass is 458 g/mol. The molecule has 34 heavy (non-hydrogen) atoms. The summed E-state index contributed by atoms with van der Waals surface area (Å²) in [7, 11) is 1.65. The smallest absolute Gasteiger partial charge is 0.253 e. The van der Waals surface area contributed by atoms with Crippen molar-refractivity contribution in [3.8, 4) is 5.75 Å². The standard InChI is InChI=1S/C26H30N6O2/c1-18-10-13-31(14-11-18)24(22-17-20-16-21(34-2)8-9-23(20)27-26(22)33)25-28-29-30-32(25)15-12-19-6-4-3-5-7-19/h3-9,16-18,24H,10-15H2,1-2H3,(H,27,33)/t24-/m0/s1. The van der Waals surface area contributed by atoms with Crippen molar-refractivity contribution in [2.24, 2.45) is 5.92 Å². The van der Waals surface area contributed by atoms with E-state index in [9.17, 15) is 4.79 Å². The maximum absolute atomic E-state index is 13.3. The van der Waals surface area contributed by atoms with Gasteiger partial charge in [-0.1, -0.05) is 37.3 Å². The van der Waals surface area contributed by atoms with Crippen molar-refractivity contribution in [2.75, 3.05) is 20.2 Å². The van der Waals surface area contributed by atoms with E-state index in [4.69, 9.17) is 4.74 Å². The highest BCUT2D eigenvalue weighted by molar-refractivity contribution is 5.80. The van der Waals surface area contributed by atoms with Crippen LogP contribution in [0, 0.1) is 5.92 Å². The molecular weight excluding hydrogens is 428 g/mol. The third-order valence-corrected chi connectivity index (χ3v) is 6.82. The number of aromatic nitrogens is 5. The van der Waals surface area contributed by atoms with Crippen LogP contribution in [0.5, 0.6) is 5.75 Å². The number of pyridine rings is 1. The fourth-order valence-corrected chi connectivity index (χ4v) is 4.76. The Morgan fingerprint density at radius 2 is 1.91 bits per heavy atom. The first-order chi connectivity index (χ1) is 16.6. The van der Waals surface area contributed by atoms with Crippen LogP contribution < -0.4 is 10.3 Å². The van der Waals surface area contributed by atoms with Crippen LogP contribution in [0.2, 0.25) is 0 Å². The summed E-state index contributed by atoms with van der Waals surface area (Å²) in [6.07, 6.45) is 2.98. The molecule has 0 unspecified atom stereocenters. The van der Waals surface area contributed by atoms with Gasteiger partial charge in [-0.25, -0.2) is 4.68 Å². The average Bonchev–Trinajstić information content (AvgIpc) is 3.33. The first-order valence-corrected chi connectivity index (χ1v) is 11.9. The van der Waals surface area contributed by atoms with E-state index in [1.165, 1.54) is 5.56 Å². The maximum atomic E-state index is 13.3. The Kier molecular flexibility index (Phi) is 6.40. The lowest BCUT2D eigenvalue weighted by atomic mass is 9.95. The zero-order valence-electron chi connectivity index (χ0n) is 19.6. The van der Waals surface area contributed by atoms with E-state index < -0.39 is 0 Å².